The van der Waals surface area contributed by atoms with Crippen LogP contribution in [-0.4, -0.2) is 53.4 Å². The van der Waals surface area contributed by atoms with Crippen molar-refractivity contribution in [1.82, 2.24) is 14.6 Å². The van der Waals surface area contributed by atoms with Gasteiger partial charge in [-0.3, -0.25) is 4.99 Å². The molecule has 2 N–H and O–H groups in total. The van der Waals surface area contributed by atoms with Crippen LogP contribution in [0.5, 0.6) is 5.88 Å². The normalized spacial score (nSPS) is 13.7. The Labute approximate surface area is 198 Å². The number of benzene rings is 1. The van der Waals surface area contributed by atoms with Crippen molar-refractivity contribution in [2.45, 2.75) is 32.6 Å². The van der Waals surface area contributed by atoms with Crippen molar-refractivity contribution in [2.24, 2.45) is 10.7 Å². The van der Waals surface area contributed by atoms with Gasteiger partial charge in [-0.05, 0) is 31.5 Å². The molecule has 0 radical (unpaired) electrons. The first-order valence-electron chi connectivity index (χ1n) is 11.0. The average molecular weight is 464 g/mol. The topological polar surface area (TPSA) is 109 Å². The Morgan fingerprint density at radius 2 is 2.00 bits per heavy atom. The second-order valence-corrected chi connectivity index (χ2v) is 7.87. The Morgan fingerprint density at radius 3 is 2.74 bits per heavy atom. The maximum absolute atomic E-state index is 6.28. The van der Waals surface area contributed by atoms with Crippen molar-refractivity contribution >= 4 is 11.5 Å². The van der Waals surface area contributed by atoms with Crippen LogP contribution in [-0.2, 0) is 16.1 Å². The summed E-state index contributed by atoms with van der Waals surface area (Å²) in [4.78, 5) is 8.56. The van der Waals surface area contributed by atoms with Crippen molar-refractivity contribution in [3.05, 3.63) is 71.6 Å². The molecule has 0 aliphatic rings. The Bertz CT molecular complexity index is 1270. The van der Waals surface area contributed by atoms with Gasteiger partial charge in [-0.1, -0.05) is 30.3 Å². The van der Waals surface area contributed by atoms with Crippen LogP contribution in [0.25, 0.3) is 17.1 Å². The fourth-order valence-electron chi connectivity index (χ4n) is 3.49. The minimum Gasteiger partial charge on any atom is -0.481 e. The Morgan fingerprint density at radius 1 is 1.21 bits per heavy atom. The lowest BCUT2D eigenvalue weighted by Gasteiger charge is -2.20. The van der Waals surface area contributed by atoms with Crippen LogP contribution in [0, 0.1) is 6.92 Å². The van der Waals surface area contributed by atoms with Gasteiger partial charge in [-0.15, -0.1) is 5.10 Å². The number of furan rings is 1. The van der Waals surface area contributed by atoms with Gasteiger partial charge < -0.3 is 24.4 Å². The van der Waals surface area contributed by atoms with Crippen LogP contribution in [0.3, 0.4) is 0 Å². The van der Waals surface area contributed by atoms with Gasteiger partial charge in [0.2, 0.25) is 11.8 Å². The van der Waals surface area contributed by atoms with Crippen LogP contribution in [0.2, 0.25) is 0 Å². The SMILES string of the molecule is CN=C(OC)c1cc(-c2cnc3ccc(OCC(N)C(C)OCc4ccccc4)nn23)oc1C. The van der Waals surface area contributed by atoms with Gasteiger partial charge in [0.15, 0.2) is 11.4 Å². The molecular weight excluding hydrogens is 434 g/mol. The van der Waals surface area contributed by atoms with Gasteiger partial charge in [0.05, 0.1) is 37.6 Å². The summed E-state index contributed by atoms with van der Waals surface area (Å²) in [6.07, 6.45) is 1.52. The van der Waals surface area contributed by atoms with Crippen molar-refractivity contribution in [1.29, 1.82) is 0 Å². The number of nitrogens with zero attached hydrogens (tertiary/aromatic N) is 4. The van der Waals surface area contributed by atoms with Crippen LogP contribution >= 0.6 is 0 Å². The highest BCUT2D eigenvalue weighted by atomic mass is 16.5. The summed E-state index contributed by atoms with van der Waals surface area (Å²) >= 11 is 0. The first-order valence-corrected chi connectivity index (χ1v) is 11.0. The number of imidazole rings is 1. The van der Waals surface area contributed by atoms with E-state index < -0.39 is 0 Å². The van der Waals surface area contributed by atoms with E-state index in [1.807, 2.05) is 56.3 Å². The van der Waals surface area contributed by atoms with Gasteiger partial charge in [0.25, 0.3) is 0 Å². The molecule has 4 rings (SSSR count). The van der Waals surface area contributed by atoms with E-state index in [-0.39, 0.29) is 18.8 Å². The van der Waals surface area contributed by atoms with E-state index in [1.165, 1.54) is 0 Å². The molecule has 0 fully saturated rings. The van der Waals surface area contributed by atoms with E-state index in [4.69, 9.17) is 24.4 Å². The Balaban J connectivity index is 1.45. The molecular formula is C25H29N5O4. The lowest BCUT2D eigenvalue weighted by Crippen LogP contribution is -2.39. The summed E-state index contributed by atoms with van der Waals surface area (Å²) in [6.45, 7) is 4.55. The highest BCUT2D eigenvalue weighted by molar-refractivity contribution is 5.96. The minimum atomic E-state index is -0.320. The van der Waals surface area contributed by atoms with Crippen molar-refractivity contribution in [3.8, 4) is 17.3 Å². The predicted octanol–water partition coefficient (Wildman–Crippen LogP) is 3.63. The highest BCUT2D eigenvalue weighted by Crippen LogP contribution is 2.27. The molecule has 2 atom stereocenters. The number of methoxy groups -OCH3 is 1. The lowest BCUT2D eigenvalue weighted by molar-refractivity contribution is 0.0246. The molecule has 3 aromatic heterocycles. The van der Waals surface area contributed by atoms with Gasteiger partial charge in [-0.2, -0.15) is 0 Å². The fraction of sp³-hybridized carbons (Fsp3) is 0.320. The highest BCUT2D eigenvalue weighted by Gasteiger charge is 2.19. The van der Waals surface area contributed by atoms with Crippen molar-refractivity contribution in [3.63, 3.8) is 0 Å². The second-order valence-electron chi connectivity index (χ2n) is 7.87. The number of nitrogens with two attached hydrogens (primary N) is 1. The molecule has 3 heterocycles. The van der Waals surface area contributed by atoms with E-state index in [0.29, 0.717) is 41.2 Å². The molecule has 9 nitrogen and oxygen atoms in total. The smallest absolute Gasteiger partial charge is 0.231 e. The van der Waals surface area contributed by atoms with Gasteiger partial charge >= 0.3 is 0 Å². The third-order valence-corrected chi connectivity index (χ3v) is 5.52. The average Bonchev–Trinajstić information content (AvgIpc) is 3.45. The lowest BCUT2D eigenvalue weighted by atomic mass is 10.2. The van der Waals surface area contributed by atoms with Crippen molar-refractivity contribution < 1.29 is 18.6 Å². The predicted molar refractivity (Wildman–Crippen MR) is 129 cm³/mol. The van der Waals surface area contributed by atoms with E-state index in [0.717, 1.165) is 11.1 Å². The van der Waals surface area contributed by atoms with E-state index in [2.05, 4.69) is 15.1 Å². The second kappa shape index (κ2) is 10.5. The van der Waals surface area contributed by atoms with Gasteiger partial charge in [0, 0.05) is 13.1 Å². The van der Waals surface area contributed by atoms with Crippen LogP contribution in [0.1, 0.15) is 23.8 Å². The number of hydrogen-bond acceptors (Lipinski definition) is 8. The molecule has 0 saturated carbocycles. The summed E-state index contributed by atoms with van der Waals surface area (Å²) in [5.74, 6) is 2.21. The molecule has 1 aromatic carbocycles. The maximum atomic E-state index is 6.28. The summed E-state index contributed by atoms with van der Waals surface area (Å²) < 4.78 is 24.7. The van der Waals surface area contributed by atoms with Gasteiger partial charge in [-0.25, -0.2) is 9.50 Å². The third kappa shape index (κ3) is 5.11. The number of ether oxygens (including phenoxy) is 3. The number of hydrogen-bond donors (Lipinski definition) is 1. The number of rotatable bonds is 9. The van der Waals surface area contributed by atoms with Crippen molar-refractivity contribution in [2.75, 3.05) is 20.8 Å². The molecule has 0 amide bonds. The summed E-state index contributed by atoms with van der Waals surface area (Å²) in [6, 6.07) is 15.1. The fourth-order valence-corrected chi connectivity index (χ4v) is 3.49. The standard InChI is InChI=1S/C25H29N5O4/c1-16-19(25(27-3)31-4)12-22(34-16)21-13-28-23-10-11-24(29-30(21)23)33-15-20(26)17(2)32-14-18-8-6-5-7-9-18/h5-13,17,20H,14-15,26H2,1-4H3. The van der Waals surface area contributed by atoms with E-state index >= 15 is 0 Å². The third-order valence-electron chi connectivity index (χ3n) is 5.52. The molecule has 4 aromatic rings. The quantitative estimate of drug-likeness (QED) is 0.298. The number of fused-ring (bicyclic) bond motifs is 1. The van der Waals surface area contributed by atoms with Crippen LogP contribution < -0.4 is 10.5 Å². The molecule has 0 aliphatic carbocycles. The molecule has 34 heavy (non-hydrogen) atoms. The zero-order chi connectivity index (χ0) is 24.1. The van der Waals surface area contributed by atoms with Crippen LogP contribution in [0.15, 0.2) is 64.1 Å². The molecule has 0 bridgehead atoms. The molecule has 178 valence electrons. The zero-order valence-electron chi connectivity index (χ0n) is 19.8. The van der Waals surface area contributed by atoms with Crippen LogP contribution in [0.4, 0.5) is 0 Å². The Hall–Kier alpha value is -3.69. The minimum absolute atomic E-state index is 0.188. The molecule has 0 saturated heterocycles. The zero-order valence-corrected chi connectivity index (χ0v) is 19.8. The van der Waals surface area contributed by atoms with Gasteiger partial charge in [0.1, 0.15) is 18.1 Å². The first-order chi connectivity index (χ1) is 16.5. The molecule has 2 unspecified atom stereocenters. The Kier molecular flexibility index (Phi) is 7.24. The first kappa shape index (κ1) is 23.5. The van der Waals surface area contributed by atoms with E-state index in [1.54, 1.807) is 30.9 Å². The summed E-state index contributed by atoms with van der Waals surface area (Å²) in [7, 11) is 3.24. The summed E-state index contributed by atoms with van der Waals surface area (Å²) in [5.41, 5.74) is 9.51. The molecule has 9 heteroatoms. The number of aromatic nitrogens is 3. The monoisotopic (exact) mass is 463 g/mol. The molecule has 0 spiro atoms. The molecule has 0 aliphatic heterocycles. The van der Waals surface area contributed by atoms with E-state index in [9.17, 15) is 0 Å². The maximum Gasteiger partial charge on any atom is 0.231 e. The largest absolute Gasteiger partial charge is 0.481 e. The number of aliphatic imine (C=N–C) groups is 1. The number of aryl methyl sites for hydroxylation is 1. The summed E-state index contributed by atoms with van der Waals surface area (Å²) in [5, 5.41) is 4.57.